The van der Waals surface area contributed by atoms with Crippen molar-refractivity contribution in [2.24, 2.45) is 0 Å². The highest BCUT2D eigenvalue weighted by molar-refractivity contribution is 5.71. The molecule has 0 aliphatic heterocycles. The predicted octanol–water partition coefficient (Wildman–Crippen LogP) is 4.65. The van der Waals surface area contributed by atoms with Gasteiger partial charge in [-0.25, -0.2) is 0 Å². The molecule has 0 atom stereocenters. The standard InChI is InChI=1S/C20H15N3O/c21-18-9-5-4-8-17(18)20-23-22-19(24-20)16-12-10-15(11-13-16)14-6-2-1-3-7-14/h1-13H,21H2. The van der Waals surface area contributed by atoms with E-state index in [1.165, 1.54) is 5.56 Å². The van der Waals surface area contributed by atoms with Crippen LogP contribution in [0.5, 0.6) is 0 Å². The Labute approximate surface area is 139 Å². The second-order valence-electron chi connectivity index (χ2n) is 5.44. The highest BCUT2D eigenvalue weighted by atomic mass is 16.4. The van der Waals surface area contributed by atoms with E-state index in [0.717, 1.165) is 16.7 Å². The molecule has 4 heteroatoms. The van der Waals surface area contributed by atoms with Crippen molar-refractivity contribution in [1.82, 2.24) is 10.2 Å². The van der Waals surface area contributed by atoms with Crippen molar-refractivity contribution >= 4 is 5.69 Å². The minimum atomic E-state index is 0.426. The van der Waals surface area contributed by atoms with Crippen LogP contribution in [0.1, 0.15) is 0 Å². The Morgan fingerprint density at radius 1 is 0.583 bits per heavy atom. The monoisotopic (exact) mass is 313 g/mol. The maximum atomic E-state index is 5.96. The van der Waals surface area contributed by atoms with Gasteiger partial charge in [-0.15, -0.1) is 10.2 Å². The molecule has 3 aromatic carbocycles. The lowest BCUT2D eigenvalue weighted by atomic mass is 10.0. The fraction of sp³-hybridized carbons (Fsp3) is 0. The molecule has 0 aliphatic carbocycles. The Hall–Kier alpha value is -3.40. The molecule has 4 rings (SSSR count). The molecule has 4 aromatic rings. The Bertz CT molecular complexity index is 960. The van der Waals surface area contributed by atoms with Gasteiger partial charge in [0.25, 0.3) is 0 Å². The molecule has 0 saturated heterocycles. The number of hydrogen-bond donors (Lipinski definition) is 1. The van der Waals surface area contributed by atoms with Crippen molar-refractivity contribution in [3.8, 4) is 34.0 Å². The lowest BCUT2D eigenvalue weighted by molar-refractivity contribution is 0.585. The van der Waals surface area contributed by atoms with Gasteiger partial charge in [0.15, 0.2) is 0 Å². The molecule has 0 radical (unpaired) electrons. The zero-order valence-electron chi connectivity index (χ0n) is 12.9. The first-order valence-electron chi connectivity index (χ1n) is 7.65. The minimum Gasteiger partial charge on any atom is -0.416 e. The Kier molecular flexibility index (Phi) is 3.56. The number of aromatic nitrogens is 2. The number of nitrogen functional groups attached to an aromatic ring is 1. The van der Waals surface area contributed by atoms with Crippen LogP contribution in [0.2, 0.25) is 0 Å². The SMILES string of the molecule is Nc1ccccc1-c1nnc(-c2ccc(-c3ccccc3)cc2)o1. The summed E-state index contributed by atoms with van der Waals surface area (Å²) in [7, 11) is 0. The summed E-state index contributed by atoms with van der Waals surface area (Å²) in [6, 6.07) is 25.7. The van der Waals surface area contributed by atoms with Crippen LogP contribution in [0.3, 0.4) is 0 Å². The molecule has 0 unspecified atom stereocenters. The van der Waals surface area contributed by atoms with E-state index < -0.39 is 0 Å². The third kappa shape index (κ3) is 2.65. The van der Waals surface area contributed by atoms with E-state index in [4.69, 9.17) is 10.2 Å². The predicted molar refractivity (Wildman–Crippen MR) is 95.0 cm³/mol. The van der Waals surface area contributed by atoms with Gasteiger partial charge < -0.3 is 10.2 Å². The molecule has 0 spiro atoms. The van der Waals surface area contributed by atoms with Gasteiger partial charge >= 0.3 is 0 Å². The van der Waals surface area contributed by atoms with Gasteiger partial charge in [-0.05, 0) is 35.4 Å². The van der Waals surface area contributed by atoms with Crippen molar-refractivity contribution in [2.45, 2.75) is 0 Å². The Morgan fingerprint density at radius 2 is 1.17 bits per heavy atom. The summed E-state index contributed by atoms with van der Waals surface area (Å²) in [5.41, 5.74) is 10.5. The number of nitrogens with zero attached hydrogens (tertiary/aromatic N) is 2. The topological polar surface area (TPSA) is 64.9 Å². The molecular formula is C20H15N3O. The van der Waals surface area contributed by atoms with Gasteiger partial charge in [0.05, 0.1) is 5.56 Å². The largest absolute Gasteiger partial charge is 0.416 e. The second-order valence-corrected chi connectivity index (χ2v) is 5.44. The van der Waals surface area contributed by atoms with E-state index in [9.17, 15) is 0 Å². The maximum Gasteiger partial charge on any atom is 0.250 e. The Morgan fingerprint density at radius 3 is 1.92 bits per heavy atom. The van der Waals surface area contributed by atoms with Crippen molar-refractivity contribution < 1.29 is 4.42 Å². The molecule has 0 bridgehead atoms. The van der Waals surface area contributed by atoms with Gasteiger partial charge in [0, 0.05) is 11.3 Å². The Balaban J connectivity index is 1.65. The molecule has 0 aliphatic rings. The summed E-state index contributed by atoms with van der Waals surface area (Å²) in [5.74, 6) is 0.906. The van der Waals surface area contributed by atoms with E-state index in [0.29, 0.717) is 17.5 Å². The lowest BCUT2D eigenvalue weighted by Crippen LogP contribution is -1.88. The first kappa shape index (κ1) is 14.2. The maximum absolute atomic E-state index is 5.96. The average Bonchev–Trinajstić information content (AvgIpc) is 3.13. The summed E-state index contributed by atoms with van der Waals surface area (Å²) in [4.78, 5) is 0. The molecular weight excluding hydrogens is 298 g/mol. The molecule has 0 fully saturated rings. The third-order valence-electron chi connectivity index (χ3n) is 3.86. The number of rotatable bonds is 3. The summed E-state index contributed by atoms with van der Waals surface area (Å²) < 4.78 is 5.78. The average molecular weight is 313 g/mol. The van der Waals surface area contributed by atoms with E-state index in [-0.39, 0.29) is 0 Å². The number of hydrogen-bond acceptors (Lipinski definition) is 4. The normalized spacial score (nSPS) is 10.7. The molecule has 2 N–H and O–H groups in total. The molecule has 116 valence electrons. The molecule has 24 heavy (non-hydrogen) atoms. The first-order chi connectivity index (χ1) is 11.8. The van der Waals surface area contributed by atoms with Gasteiger partial charge in [-0.2, -0.15) is 0 Å². The van der Waals surface area contributed by atoms with Gasteiger partial charge in [0.1, 0.15) is 0 Å². The highest BCUT2D eigenvalue weighted by Gasteiger charge is 2.12. The van der Waals surface area contributed by atoms with E-state index >= 15 is 0 Å². The smallest absolute Gasteiger partial charge is 0.250 e. The van der Waals surface area contributed by atoms with E-state index in [1.807, 2.05) is 66.7 Å². The van der Waals surface area contributed by atoms with E-state index in [1.54, 1.807) is 0 Å². The summed E-state index contributed by atoms with van der Waals surface area (Å²) >= 11 is 0. The van der Waals surface area contributed by atoms with Crippen LogP contribution >= 0.6 is 0 Å². The highest BCUT2D eigenvalue weighted by Crippen LogP contribution is 2.28. The van der Waals surface area contributed by atoms with Crippen LogP contribution in [0.25, 0.3) is 34.0 Å². The number of anilines is 1. The minimum absolute atomic E-state index is 0.426. The van der Waals surface area contributed by atoms with Crippen molar-refractivity contribution in [2.75, 3.05) is 5.73 Å². The fourth-order valence-electron chi connectivity index (χ4n) is 2.58. The first-order valence-corrected chi connectivity index (χ1v) is 7.65. The van der Waals surface area contributed by atoms with Gasteiger partial charge in [-0.1, -0.05) is 54.6 Å². The zero-order valence-corrected chi connectivity index (χ0v) is 12.9. The van der Waals surface area contributed by atoms with Crippen molar-refractivity contribution in [3.05, 3.63) is 78.9 Å². The number of nitrogens with two attached hydrogens (primary N) is 1. The molecule has 1 aromatic heterocycles. The van der Waals surface area contributed by atoms with Crippen LogP contribution in [-0.4, -0.2) is 10.2 Å². The number of benzene rings is 3. The summed E-state index contributed by atoms with van der Waals surface area (Å²) in [5, 5.41) is 8.24. The van der Waals surface area contributed by atoms with Crippen LogP contribution in [0, 0.1) is 0 Å². The lowest BCUT2D eigenvalue weighted by Gasteiger charge is -2.02. The van der Waals surface area contributed by atoms with Crippen LogP contribution in [0.4, 0.5) is 5.69 Å². The quantitative estimate of drug-likeness (QED) is 0.559. The molecule has 0 amide bonds. The second kappa shape index (κ2) is 6.01. The molecule has 0 saturated carbocycles. The number of para-hydroxylation sites is 1. The zero-order chi connectivity index (χ0) is 16.4. The molecule has 4 nitrogen and oxygen atoms in total. The third-order valence-corrected chi connectivity index (χ3v) is 3.86. The van der Waals surface area contributed by atoms with Crippen LogP contribution in [-0.2, 0) is 0 Å². The van der Waals surface area contributed by atoms with Crippen molar-refractivity contribution in [1.29, 1.82) is 0 Å². The molecule has 1 heterocycles. The summed E-state index contributed by atoms with van der Waals surface area (Å²) in [6.07, 6.45) is 0. The van der Waals surface area contributed by atoms with Crippen LogP contribution in [0.15, 0.2) is 83.3 Å². The van der Waals surface area contributed by atoms with Gasteiger partial charge in [0.2, 0.25) is 11.8 Å². The summed E-state index contributed by atoms with van der Waals surface area (Å²) in [6.45, 7) is 0. The van der Waals surface area contributed by atoms with Crippen LogP contribution < -0.4 is 5.73 Å². The van der Waals surface area contributed by atoms with E-state index in [2.05, 4.69) is 22.3 Å². The fourth-order valence-corrected chi connectivity index (χ4v) is 2.58. The van der Waals surface area contributed by atoms with Crippen molar-refractivity contribution in [3.63, 3.8) is 0 Å². The van der Waals surface area contributed by atoms with Gasteiger partial charge in [-0.3, -0.25) is 0 Å².